The van der Waals surface area contributed by atoms with Crippen LogP contribution in [0.3, 0.4) is 0 Å². The van der Waals surface area contributed by atoms with Gasteiger partial charge in [0.25, 0.3) is 0 Å². The molecule has 13 heavy (non-hydrogen) atoms. The Kier molecular flexibility index (Phi) is 2.02. The van der Waals surface area contributed by atoms with E-state index in [4.69, 9.17) is 5.11 Å². The molecule has 0 spiro atoms. The fourth-order valence-electron chi connectivity index (χ4n) is 0.899. The minimum atomic E-state index is -4.68. The van der Waals surface area contributed by atoms with E-state index in [-0.39, 0.29) is 0 Å². The summed E-state index contributed by atoms with van der Waals surface area (Å²) in [5.74, 6) is -1.65. The maximum atomic E-state index is 12.1. The molecule has 1 aromatic heterocycles. The third-order valence-electron chi connectivity index (χ3n) is 1.45. The predicted molar refractivity (Wildman–Crippen MR) is 35.2 cm³/mol. The van der Waals surface area contributed by atoms with Crippen molar-refractivity contribution in [2.45, 2.75) is 6.18 Å². The standard InChI is InChI=1S/C6H5F3N2O2/c1-11-4(5(12)13)3(2-10-11)6(7,8)9/h2H,1H3,(H,12,13). The molecule has 0 aliphatic heterocycles. The minimum Gasteiger partial charge on any atom is -0.477 e. The third-order valence-corrected chi connectivity index (χ3v) is 1.45. The molecule has 0 radical (unpaired) electrons. The maximum Gasteiger partial charge on any atom is 0.420 e. The molecule has 0 saturated heterocycles. The first kappa shape index (κ1) is 9.56. The molecular formula is C6H5F3N2O2. The van der Waals surface area contributed by atoms with Crippen LogP contribution in [0.25, 0.3) is 0 Å². The summed E-state index contributed by atoms with van der Waals surface area (Å²) < 4.78 is 37.0. The number of hydrogen-bond acceptors (Lipinski definition) is 2. The lowest BCUT2D eigenvalue weighted by Gasteiger charge is -2.04. The second kappa shape index (κ2) is 2.75. The highest BCUT2D eigenvalue weighted by molar-refractivity contribution is 5.87. The van der Waals surface area contributed by atoms with Gasteiger partial charge in [-0.15, -0.1) is 0 Å². The van der Waals surface area contributed by atoms with Gasteiger partial charge < -0.3 is 5.11 Å². The van der Waals surface area contributed by atoms with Crippen LogP contribution in [0.5, 0.6) is 0 Å². The Bertz CT molecular complexity index is 342. The zero-order chi connectivity index (χ0) is 10.2. The fourth-order valence-corrected chi connectivity index (χ4v) is 0.899. The van der Waals surface area contributed by atoms with Crippen molar-refractivity contribution in [1.82, 2.24) is 9.78 Å². The molecule has 1 N–H and O–H groups in total. The Morgan fingerprint density at radius 3 is 2.46 bits per heavy atom. The molecule has 0 aliphatic rings. The third kappa shape index (κ3) is 1.63. The normalized spacial score (nSPS) is 11.7. The highest BCUT2D eigenvalue weighted by atomic mass is 19.4. The van der Waals surface area contributed by atoms with Crippen LogP contribution in [-0.2, 0) is 13.2 Å². The molecular weight excluding hydrogens is 189 g/mol. The van der Waals surface area contributed by atoms with Gasteiger partial charge in [0.05, 0.1) is 6.20 Å². The van der Waals surface area contributed by atoms with E-state index in [9.17, 15) is 18.0 Å². The van der Waals surface area contributed by atoms with Crippen LogP contribution in [0.15, 0.2) is 6.20 Å². The van der Waals surface area contributed by atoms with Crippen molar-refractivity contribution < 1.29 is 23.1 Å². The minimum absolute atomic E-state index is 0.490. The van der Waals surface area contributed by atoms with E-state index in [1.54, 1.807) is 0 Å². The number of nitrogens with zero attached hydrogens (tertiary/aromatic N) is 2. The van der Waals surface area contributed by atoms with Crippen molar-refractivity contribution >= 4 is 5.97 Å². The SMILES string of the molecule is Cn1ncc(C(F)(F)F)c1C(=O)O. The number of carboxylic acids is 1. The zero-order valence-electron chi connectivity index (χ0n) is 6.46. The van der Waals surface area contributed by atoms with Gasteiger partial charge in [-0.05, 0) is 0 Å². The average Bonchev–Trinajstić information content (AvgIpc) is 2.28. The Hall–Kier alpha value is -1.53. The van der Waals surface area contributed by atoms with Gasteiger partial charge in [0.15, 0.2) is 5.69 Å². The van der Waals surface area contributed by atoms with E-state index in [0.717, 1.165) is 7.05 Å². The number of carbonyl (C=O) groups is 1. The molecule has 0 unspecified atom stereocenters. The van der Waals surface area contributed by atoms with E-state index < -0.39 is 23.4 Å². The van der Waals surface area contributed by atoms with Crippen molar-refractivity contribution in [2.24, 2.45) is 7.05 Å². The first-order chi connectivity index (χ1) is 5.84. The van der Waals surface area contributed by atoms with Crippen molar-refractivity contribution in [3.05, 3.63) is 17.5 Å². The van der Waals surface area contributed by atoms with Crippen LogP contribution in [0.2, 0.25) is 0 Å². The van der Waals surface area contributed by atoms with Gasteiger partial charge in [-0.25, -0.2) is 4.79 Å². The topological polar surface area (TPSA) is 55.1 Å². The van der Waals surface area contributed by atoms with Crippen LogP contribution in [0.1, 0.15) is 16.1 Å². The molecule has 4 nitrogen and oxygen atoms in total. The predicted octanol–water partition coefficient (Wildman–Crippen LogP) is 1.14. The largest absolute Gasteiger partial charge is 0.477 e. The maximum absolute atomic E-state index is 12.1. The molecule has 0 aromatic carbocycles. The molecule has 72 valence electrons. The summed E-state index contributed by atoms with van der Waals surface area (Å²) in [6, 6.07) is 0. The number of rotatable bonds is 1. The van der Waals surface area contributed by atoms with Gasteiger partial charge in [-0.1, -0.05) is 0 Å². The second-order valence-corrected chi connectivity index (χ2v) is 2.33. The summed E-state index contributed by atoms with van der Waals surface area (Å²) in [5.41, 5.74) is -2.09. The van der Waals surface area contributed by atoms with Gasteiger partial charge in [-0.3, -0.25) is 4.68 Å². The fraction of sp³-hybridized carbons (Fsp3) is 0.333. The van der Waals surface area contributed by atoms with E-state index in [1.807, 2.05) is 0 Å². The smallest absolute Gasteiger partial charge is 0.420 e. The monoisotopic (exact) mass is 194 g/mol. The lowest BCUT2D eigenvalue weighted by atomic mass is 10.2. The Balaban J connectivity index is 3.31. The van der Waals surface area contributed by atoms with Crippen LogP contribution in [-0.4, -0.2) is 20.9 Å². The summed E-state index contributed by atoms with van der Waals surface area (Å²) in [7, 11) is 1.14. The summed E-state index contributed by atoms with van der Waals surface area (Å²) in [4.78, 5) is 10.4. The number of carboxylic acid groups (broad SMARTS) is 1. The number of alkyl halides is 3. The number of aromatic nitrogens is 2. The van der Waals surface area contributed by atoms with Crippen molar-refractivity contribution in [1.29, 1.82) is 0 Å². The lowest BCUT2D eigenvalue weighted by molar-refractivity contribution is -0.138. The molecule has 0 atom stereocenters. The molecule has 0 amide bonds. The van der Waals surface area contributed by atoms with Crippen LogP contribution < -0.4 is 0 Å². The van der Waals surface area contributed by atoms with Gasteiger partial charge in [0.2, 0.25) is 0 Å². The van der Waals surface area contributed by atoms with E-state index in [1.165, 1.54) is 0 Å². The molecule has 0 bridgehead atoms. The molecule has 1 aromatic rings. The Morgan fingerprint density at radius 2 is 2.15 bits per heavy atom. The number of halogens is 3. The molecule has 0 fully saturated rings. The first-order valence-electron chi connectivity index (χ1n) is 3.16. The van der Waals surface area contributed by atoms with Crippen molar-refractivity contribution in [3.63, 3.8) is 0 Å². The summed E-state index contributed by atoms with van der Waals surface area (Å²) >= 11 is 0. The van der Waals surface area contributed by atoms with Gasteiger partial charge in [0.1, 0.15) is 5.56 Å². The Morgan fingerprint density at radius 1 is 1.62 bits per heavy atom. The van der Waals surface area contributed by atoms with Crippen molar-refractivity contribution in [3.8, 4) is 0 Å². The van der Waals surface area contributed by atoms with Gasteiger partial charge >= 0.3 is 12.1 Å². The second-order valence-electron chi connectivity index (χ2n) is 2.33. The Labute approximate surface area is 70.6 Å². The summed E-state index contributed by atoms with van der Waals surface area (Å²) in [6.45, 7) is 0. The van der Waals surface area contributed by atoms with Crippen LogP contribution >= 0.6 is 0 Å². The van der Waals surface area contributed by atoms with E-state index in [2.05, 4.69) is 5.10 Å². The number of aromatic carboxylic acids is 1. The average molecular weight is 194 g/mol. The molecule has 1 heterocycles. The van der Waals surface area contributed by atoms with E-state index in [0.29, 0.717) is 10.9 Å². The van der Waals surface area contributed by atoms with Crippen molar-refractivity contribution in [2.75, 3.05) is 0 Å². The quantitative estimate of drug-likeness (QED) is 0.729. The molecule has 7 heteroatoms. The molecule has 0 aliphatic carbocycles. The van der Waals surface area contributed by atoms with Crippen LogP contribution in [0.4, 0.5) is 13.2 Å². The first-order valence-corrected chi connectivity index (χ1v) is 3.16. The highest BCUT2D eigenvalue weighted by Crippen LogP contribution is 2.31. The van der Waals surface area contributed by atoms with Gasteiger partial charge in [-0.2, -0.15) is 18.3 Å². The lowest BCUT2D eigenvalue weighted by Crippen LogP contribution is -2.14. The molecule has 0 saturated carbocycles. The van der Waals surface area contributed by atoms with Crippen LogP contribution in [0, 0.1) is 0 Å². The summed E-state index contributed by atoms with van der Waals surface area (Å²) in [5, 5.41) is 11.7. The summed E-state index contributed by atoms with van der Waals surface area (Å²) in [6.07, 6.45) is -4.19. The van der Waals surface area contributed by atoms with E-state index >= 15 is 0 Å². The van der Waals surface area contributed by atoms with Gasteiger partial charge in [0, 0.05) is 7.05 Å². The highest BCUT2D eigenvalue weighted by Gasteiger charge is 2.38. The number of hydrogen-bond donors (Lipinski definition) is 1. The zero-order valence-corrected chi connectivity index (χ0v) is 6.46. The number of aryl methyl sites for hydroxylation is 1. The molecule has 1 rings (SSSR count).